The smallest absolute Gasteiger partial charge is 0.244 e. The molecule has 0 aliphatic heterocycles. The van der Waals surface area contributed by atoms with Crippen LogP contribution < -0.4 is 9.62 Å². The minimum Gasteiger partial charge on any atom is -0.357 e. The van der Waals surface area contributed by atoms with Gasteiger partial charge in [-0.15, -0.1) is 0 Å². The van der Waals surface area contributed by atoms with E-state index < -0.39 is 28.5 Å². The van der Waals surface area contributed by atoms with Crippen LogP contribution in [0, 0.1) is 6.92 Å². The summed E-state index contributed by atoms with van der Waals surface area (Å²) in [4.78, 5) is 28.3. The fourth-order valence-electron chi connectivity index (χ4n) is 3.83. The molecule has 0 spiro atoms. The lowest BCUT2D eigenvalue weighted by molar-refractivity contribution is -0.139. The lowest BCUT2D eigenvalue weighted by atomic mass is 10.0. The molecule has 0 radical (unpaired) electrons. The Morgan fingerprint density at radius 1 is 0.917 bits per heavy atom. The van der Waals surface area contributed by atoms with Gasteiger partial charge in [0, 0.05) is 24.5 Å². The monoisotopic (exact) mass is 571 g/mol. The first-order valence-corrected chi connectivity index (χ1v) is 14.1. The largest absolute Gasteiger partial charge is 0.357 e. The van der Waals surface area contributed by atoms with Crippen LogP contribution in [0.1, 0.15) is 16.7 Å². The predicted octanol–water partition coefficient (Wildman–Crippen LogP) is 3.91. The highest BCUT2D eigenvalue weighted by molar-refractivity contribution is 9.10. The molecule has 7 nitrogen and oxygen atoms in total. The molecule has 3 aromatic carbocycles. The van der Waals surface area contributed by atoms with E-state index in [-0.39, 0.29) is 18.9 Å². The van der Waals surface area contributed by atoms with Crippen LogP contribution >= 0.6 is 15.9 Å². The molecule has 0 saturated heterocycles. The molecular formula is C27H30BrN3O4S. The summed E-state index contributed by atoms with van der Waals surface area (Å²) >= 11 is 3.35. The molecule has 0 bridgehead atoms. The zero-order valence-electron chi connectivity index (χ0n) is 20.5. The minimum absolute atomic E-state index is 0.155. The van der Waals surface area contributed by atoms with Crippen molar-refractivity contribution in [1.82, 2.24) is 10.2 Å². The Hall–Kier alpha value is -3.17. The van der Waals surface area contributed by atoms with Gasteiger partial charge in [-0.25, -0.2) is 8.42 Å². The summed E-state index contributed by atoms with van der Waals surface area (Å²) in [5, 5.41) is 2.67. The summed E-state index contributed by atoms with van der Waals surface area (Å²) < 4.78 is 27.2. The van der Waals surface area contributed by atoms with Crippen molar-refractivity contribution in [2.75, 3.05) is 24.2 Å². The molecule has 1 atom stereocenters. The van der Waals surface area contributed by atoms with Gasteiger partial charge in [0.15, 0.2) is 0 Å². The third kappa shape index (κ3) is 7.41. The van der Waals surface area contributed by atoms with E-state index in [0.29, 0.717) is 5.69 Å². The summed E-state index contributed by atoms with van der Waals surface area (Å²) in [7, 11) is -2.25. The standard InChI is InChI=1S/C27H30BrN3O4S/c1-20-9-11-22(12-10-20)18-30(25(27(33)29-2)17-21-7-5-4-6-8-21)26(32)19-31(36(3,34)35)24-15-13-23(28)14-16-24/h4-16,25H,17-19H2,1-3H3,(H,29,33)/t25-/m1/s1. The SMILES string of the molecule is CNC(=O)[C@@H](Cc1ccccc1)N(Cc1ccc(C)cc1)C(=O)CN(c1ccc(Br)cc1)S(C)(=O)=O. The molecule has 1 N–H and O–H groups in total. The number of anilines is 1. The van der Waals surface area contributed by atoms with Gasteiger partial charge in [-0.1, -0.05) is 76.1 Å². The van der Waals surface area contributed by atoms with E-state index in [0.717, 1.165) is 31.7 Å². The fourth-order valence-corrected chi connectivity index (χ4v) is 4.95. The number of aryl methyl sites for hydroxylation is 1. The average Bonchev–Trinajstić information content (AvgIpc) is 2.86. The molecule has 0 unspecified atom stereocenters. The molecule has 3 aromatic rings. The van der Waals surface area contributed by atoms with Gasteiger partial charge in [0.2, 0.25) is 21.8 Å². The first-order chi connectivity index (χ1) is 17.1. The van der Waals surface area contributed by atoms with E-state index in [2.05, 4.69) is 21.2 Å². The number of hydrogen-bond acceptors (Lipinski definition) is 4. The van der Waals surface area contributed by atoms with Crippen LogP contribution in [0.15, 0.2) is 83.3 Å². The Labute approximate surface area is 221 Å². The quantitative estimate of drug-likeness (QED) is 0.399. The second-order valence-corrected chi connectivity index (χ2v) is 11.4. The maximum atomic E-state index is 13.8. The van der Waals surface area contributed by atoms with Crippen LogP contribution in [0.3, 0.4) is 0 Å². The summed E-state index contributed by atoms with van der Waals surface area (Å²) in [5.74, 6) is -0.803. The zero-order chi connectivity index (χ0) is 26.3. The normalized spacial score (nSPS) is 12.0. The van der Waals surface area contributed by atoms with Crippen LogP contribution in [0.4, 0.5) is 5.69 Å². The van der Waals surface area contributed by atoms with Gasteiger partial charge < -0.3 is 10.2 Å². The van der Waals surface area contributed by atoms with E-state index in [1.807, 2.05) is 61.5 Å². The fraction of sp³-hybridized carbons (Fsp3) is 0.259. The molecule has 3 rings (SSSR count). The zero-order valence-corrected chi connectivity index (χ0v) is 22.9. The van der Waals surface area contributed by atoms with Crippen LogP contribution in [-0.2, 0) is 32.6 Å². The highest BCUT2D eigenvalue weighted by Gasteiger charge is 2.32. The van der Waals surface area contributed by atoms with Gasteiger partial charge in [-0.2, -0.15) is 0 Å². The molecule has 0 saturated carbocycles. The molecule has 0 aliphatic carbocycles. The number of nitrogens with zero attached hydrogens (tertiary/aromatic N) is 2. The minimum atomic E-state index is -3.78. The van der Waals surface area contributed by atoms with Crippen molar-refractivity contribution in [3.05, 3.63) is 100 Å². The third-order valence-electron chi connectivity index (χ3n) is 5.78. The van der Waals surface area contributed by atoms with Crippen LogP contribution in [0.2, 0.25) is 0 Å². The third-order valence-corrected chi connectivity index (χ3v) is 7.45. The number of rotatable bonds is 10. The number of nitrogens with one attached hydrogen (secondary N) is 1. The molecule has 36 heavy (non-hydrogen) atoms. The number of carbonyl (C=O) groups excluding carboxylic acids is 2. The van der Waals surface area contributed by atoms with Crippen molar-refractivity contribution < 1.29 is 18.0 Å². The topological polar surface area (TPSA) is 86.8 Å². The number of likely N-dealkylation sites (N-methyl/N-ethyl adjacent to an activating group) is 1. The van der Waals surface area contributed by atoms with Gasteiger partial charge in [-0.3, -0.25) is 13.9 Å². The molecule has 0 heterocycles. The molecule has 2 amide bonds. The highest BCUT2D eigenvalue weighted by Crippen LogP contribution is 2.22. The Bertz CT molecular complexity index is 1280. The van der Waals surface area contributed by atoms with Gasteiger partial charge in [0.1, 0.15) is 12.6 Å². The maximum absolute atomic E-state index is 13.8. The van der Waals surface area contributed by atoms with Crippen LogP contribution in [0.25, 0.3) is 0 Å². The lowest BCUT2D eigenvalue weighted by Gasteiger charge is -2.33. The van der Waals surface area contributed by atoms with Crippen LogP contribution in [0.5, 0.6) is 0 Å². The van der Waals surface area contributed by atoms with Crippen molar-refractivity contribution in [1.29, 1.82) is 0 Å². The van der Waals surface area contributed by atoms with Crippen molar-refractivity contribution in [2.24, 2.45) is 0 Å². The van der Waals surface area contributed by atoms with Gasteiger partial charge in [-0.05, 0) is 42.3 Å². The molecule has 0 aliphatic rings. The van der Waals surface area contributed by atoms with Crippen molar-refractivity contribution in [2.45, 2.75) is 25.9 Å². The Morgan fingerprint density at radius 2 is 1.53 bits per heavy atom. The summed E-state index contributed by atoms with van der Waals surface area (Å²) in [6, 6.07) is 23.0. The van der Waals surface area contributed by atoms with E-state index in [1.165, 1.54) is 11.9 Å². The first-order valence-electron chi connectivity index (χ1n) is 11.4. The molecule has 190 valence electrons. The summed E-state index contributed by atoms with van der Waals surface area (Å²) in [6.07, 6.45) is 1.35. The van der Waals surface area contributed by atoms with Gasteiger partial charge in [0.05, 0.1) is 11.9 Å². The number of sulfonamides is 1. The number of amides is 2. The van der Waals surface area contributed by atoms with E-state index in [9.17, 15) is 18.0 Å². The number of benzene rings is 3. The van der Waals surface area contributed by atoms with E-state index >= 15 is 0 Å². The van der Waals surface area contributed by atoms with E-state index in [1.54, 1.807) is 24.3 Å². The maximum Gasteiger partial charge on any atom is 0.244 e. The van der Waals surface area contributed by atoms with Crippen LogP contribution in [-0.4, -0.2) is 51.0 Å². The van der Waals surface area contributed by atoms with E-state index in [4.69, 9.17) is 0 Å². The number of hydrogen-bond donors (Lipinski definition) is 1. The summed E-state index contributed by atoms with van der Waals surface area (Å²) in [5.41, 5.74) is 3.16. The lowest BCUT2D eigenvalue weighted by Crippen LogP contribution is -2.52. The Morgan fingerprint density at radius 3 is 2.08 bits per heavy atom. The highest BCUT2D eigenvalue weighted by atomic mass is 79.9. The Kier molecular flexibility index (Phi) is 9.28. The number of halogens is 1. The molecular weight excluding hydrogens is 542 g/mol. The predicted molar refractivity (Wildman–Crippen MR) is 146 cm³/mol. The van der Waals surface area contributed by atoms with Crippen molar-refractivity contribution in [3.63, 3.8) is 0 Å². The van der Waals surface area contributed by atoms with Crippen molar-refractivity contribution >= 4 is 43.5 Å². The molecule has 0 fully saturated rings. The summed E-state index contributed by atoms with van der Waals surface area (Å²) in [6.45, 7) is 1.69. The Balaban J connectivity index is 2.00. The molecule has 9 heteroatoms. The van der Waals surface area contributed by atoms with Gasteiger partial charge in [0.25, 0.3) is 0 Å². The average molecular weight is 573 g/mol. The second-order valence-electron chi connectivity index (χ2n) is 8.57. The first kappa shape index (κ1) is 27.4. The van der Waals surface area contributed by atoms with Crippen molar-refractivity contribution in [3.8, 4) is 0 Å². The second kappa shape index (κ2) is 12.2. The molecule has 0 aromatic heterocycles. The van der Waals surface area contributed by atoms with Gasteiger partial charge >= 0.3 is 0 Å². The number of carbonyl (C=O) groups is 2.